The highest BCUT2D eigenvalue weighted by Crippen LogP contribution is 2.38. The molecule has 2 N–H and O–H groups in total. The van der Waals surface area contributed by atoms with Gasteiger partial charge in [-0.05, 0) is 12.8 Å². The van der Waals surface area contributed by atoms with Crippen molar-refractivity contribution in [3.63, 3.8) is 0 Å². The number of hydrogen-bond acceptors (Lipinski definition) is 3. The largest absolute Gasteiger partial charge is 0.378 e. The molecule has 62 valence electrons. The summed E-state index contributed by atoms with van der Waals surface area (Å²) in [6.45, 7) is 3.98. The van der Waals surface area contributed by atoms with Crippen LogP contribution in [0.1, 0.15) is 26.7 Å². The molecule has 1 aliphatic heterocycles. The molecular weight excluding hydrogens is 160 g/mol. The van der Waals surface area contributed by atoms with Crippen LogP contribution in [0.25, 0.3) is 0 Å². The van der Waals surface area contributed by atoms with Crippen LogP contribution in [-0.4, -0.2) is 15.8 Å². The van der Waals surface area contributed by atoms with Crippen LogP contribution in [-0.2, 0) is 4.79 Å². The highest BCUT2D eigenvalue weighted by Gasteiger charge is 2.41. The van der Waals surface area contributed by atoms with Crippen LogP contribution in [0.15, 0.2) is 4.99 Å². The standard InChI is InChI=1S/C7H12N2OS/c1-3-7(4-2)5(10)9-6(8)11-7/h3-4H2,1-2H3,(H2,8,9,10). The van der Waals surface area contributed by atoms with Crippen molar-refractivity contribution in [3.05, 3.63) is 0 Å². The molecule has 0 bridgehead atoms. The van der Waals surface area contributed by atoms with E-state index in [1.165, 1.54) is 11.8 Å². The molecule has 0 saturated carbocycles. The number of hydrogen-bond donors (Lipinski definition) is 1. The van der Waals surface area contributed by atoms with E-state index in [9.17, 15) is 4.79 Å². The molecule has 0 saturated heterocycles. The maximum Gasteiger partial charge on any atom is 0.264 e. The maximum atomic E-state index is 11.3. The minimum Gasteiger partial charge on any atom is -0.378 e. The van der Waals surface area contributed by atoms with Gasteiger partial charge in [-0.3, -0.25) is 4.79 Å². The van der Waals surface area contributed by atoms with E-state index < -0.39 is 0 Å². The number of thioether (sulfide) groups is 1. The number of rotatable bonds is 2. The summed E-state index contributed by atoms with van der Waals surface area (Å²) in [5, 5.41) is 0.415. The number of carbonyl (C=O) groups is 1. The first-order valence-corrected chi connectivity index (χ1v) is 4.54. The molecule has 11 heavy (non-hydrogen) atoms. The Morgan fingerprint density at radius 3 is 2.27 bits per heavy atom. The van der Waals surface area contributed by atoms with Crippen LogP contribution in [0, 0.1) is 0 Å². The second kappa shape index (κ2) is 2.85. The van der Waals surface area contributed by atoms with Gasteiger partial charge in [-0.2, -0.15) is 4.99 Å². The summed E-state index contributed by atoms with van der Waals surface area (Å²) in [6, 6.07) is 0. The summed E-state index contributed by atoms with van der Waals surface area (Å²) in [5.41, 5.74) is 5.44. The van der Waals surface area contributed by atoms with Crippen molar-refractivity contribution in [1.82, 2.24) is 0 Å². The van der Waals surface area contributed by atoms with Crippen molar-refractivity contribution in [1.29, 1.82) is 0 Å². The van der Waals surface area contributed by atoms with Gasteiger partial charge in [-0.25, -0.2) is 0 Å². The summed E-state index contributed by atoms with van der Waals surface area (Å²) in [5.74, 6) is -0.0648. The Kier molecular flexibility index (Phi) is 2.23. The molecule has 0 fully saturated rings. The van der Waals surface area contributed by atoms with E-state index >= 15 is 0 Å². The van der Waals surface area contributed by atoms with Crippen LogP contribution in [0.3, 0.4) is 0 Å². The van der Waals surface area contributed by atoms with Crippen molar-refractivity contribution >= 4 is 22.8 Å². The van der Waals surface area contributed by atoms with Crippen LogP contribution in [0.2, 0.25) is 0 Å². The van der Waals surface area contributed by atoms with E-state index in [1.807, 2.05) is 13.8 Å². The van der Waals surface area contributed by atoms with Gasteiger partial charge in [-0.15, -0.1) is 0 Å². The van der Waals surface area contributed by atoms with E-state index in [0.29, 0.717) is 5.17 Å². The first-order chi connectivity index (χ1) is 5.14. The van der Waals surface area contributed by atoms with Gasteiger partial charge < -0.3 is 5.73 Å². The lowest BCUT2D eigenvalue weighted by Crippen LogP contribution is -2.29. The Morgan fingerprint density at radius 2 is 2.09 bits per heavy atom. The Hall–Kier alpha value is -0.510. The molecule has 3 nitrogen and oxygen atoms in total. The summed E-state index contributed by atoms with van der Waals surface area (Å²) in [7, 11) is 0. The summed E-state index contributed by atoms with van der Waals surface area (Å²) in [4.78, 5) is 15.0. The van der Waals surface area contributed by atoms with Gasteiger partial charge in [0.25, 0.3) is 5.91 Å². The summed E-state index contributed by atoms with van der Waals surface area (Å²) >= 11 is 1.40. The maximum absolute atomic E-state index is 11.3. The monoisotopic (exact) mass is 172 g/mol. The van der Waals surface area contributed by atoms with Gasteiger partial charge >= 0.3 is 0 Å². The molecule has 0 aromatic rings. The Bertz CT molecular complexity index is 208. The second-order valence-corrected chi connectivity index (χ2v) is 3.96. The van der Waals surface area contributed by atoms with E-state index in [2.05, 4.69) is 4.99 Å². The molecule has 0 atom stereocenters. The fraction of sp³-hybridized carbons (Fsp3) is 0.714. The molecule has 1 aliphatic rings. The second-order valence-electron chi connectivity index (χ2n) is 2.56. The van der Waals surface area contributed by atoms with Crippen molar-refractivity contribution in [2.24, 2.45) is 10.7 Å². The lowest BCUT2D eigenvalue weighted by molar-refractivity contribution is -0.119. The zero-order valence-corrected chi connectivity index (χ0v) is 7.57. The highest BCUT2D eigenvalue weighted by atomic mass is 32.2. The molecule has 1 amide bonds. The van der Waals surface area contributed by atoms with Crippen LogP contribution < -0.4 is 5.73 Å². The van der Waals surface area contributed by atoms with E-state index in [0.717, 1.165) is 12.8 Å². The molecular formula is C7H12N2OS. The topological polar surface area (TPSA) is 55.4 Å². The smallest absolute Gasteiger partial charge is 0.264 e. The quantitative estimate of drug-likeness (QED) is 0.679. The Morgan fingerprint density at radius 1 is 1.55 bits per heavy atom. The van der Waals surface area contributed by atoms with Gasteiger partial charge in [0.05, 0.1) is 0 Å². The number of nitrogens with zero attached hydrogens (tertiary/aromatic N) is 1. The fourth-order valence-corrected chi connectivity index (χ4v) is 2.12. The molecule has 0 aliphatic carbocycles. The van der Waals surface area contributed by atoms with E-state index in [1.54, 1.807) is 0 Å². The Balaban J connectivity index is 2.84. The fourth-order valence-electron chi connectivity index (χ4n) is 1.17. The van der Waals surface area contributed by atoms with Crippen LogP contribution >= 0.6 is 11.8 Å². The average molecular weight is 172 g/mol. The van der Waals surface area contributed by atoms with Crippen molar-refractivity contribution in [2.45, 2.75) is 31.4 Å². The van der Waals surface area contributed by atoms with Crippen molar-refractivity contribution in [3.8, 4) is 0 Å². The minimum atomic E-state index is -0.343. The number of amides is 1. The number of carbonyl (C=O) groups excluding carboxylic acids is 1. The highest BCUT2D eigenvalue weighted by molar-refractivity contribution is 8.16. The molecule has 1 heterocycles. The predicted octanol–water partition coefficient (Wildman–Crippen LogP) is 1.13. The third-order valence-corrected chi connectivity index (χ3v) is 3.49. The number of aliphatic imine (C=N–C) groups is 1. The molecule has 0 aromatic carbocycles. The average Bonchev–Trinajstić information content (AvgIpc) is 2.27. The van der Waals surface area contributed by atoms with Gasteiger partial charge in [0.1, 0.15) is 4.75 Å². The van der Waals surface area contributed by atoms with Gasteiger partial charge in [0.15, 0.2) is 5.17 Å². The number of amidine groups is 1. The van der Waals surface area contributed by atoms with Gasteiger partial charge in [0.2, 0.25) is 0 Å². The molecule has 0 spiro atoms. The zero-order valence-electron chi connectivity index (χ0n) is 6.76. The van der Waals surface area contributed by atoms with Crippen molar-refractivity contribution in [2.75, 3.05) is 0 Å². The van der Waals surface area contributed by atoms with Crippen LogP contribution in [0.4, 0.5) is 0 Å². The molecule has 0 aromatic heterocycles. The molecule has 0 radical (unpaired) electrons. The molecule has 4 heteroatoms. The van der Waals surface area contributed by atoms with E-state index in [-0.39, 0.29) is 10.7 Å². The molecule has 0 unspecified atom stereocenters. The third kappa shape index (κ3) is 1.27. The lowest BCUT2D eigenvalue weighted by atomic mass is 10.0. The minimum absolute atomic E-state index is 0.0648. The van der Waals surface area contributed by atoms with Gasteiger partial charge in [-0.1, -0.05) is 25.6 Å². The Labute approximate surface area is 70.4 Å². The molecule has 1 rings (SSSR count). The lowest BCUT2D eigenvalue weighted by Gasteiger charge is -2.20. The van der Waals surface area contributed by atoms with Crippen molar-refractivity contribution < 1.29 is 4.79 Å². The predicted molar refractivity (Wildman–Crippen MR) is 47.5 cm³/mol. The van der Waals surface area contributed by atoms with Gasteiger partial charge in [0, 0.05) is 0 Å². The SMILES string of the molecule is CCC1(CC)SC(N)=NC1=O. The van der Waals surface area contributed by atoms with E-state index in [4.69, 9.17) is 5.73 Å². The normalized spacial score (nSPS) is 22.0. The first kappa shape index (κ1) is 8.59. The summed E-state index contributed by atoms with van der Waals surface area (Å²) in [6.07, 6.45) is 1.61. The summed E-state index contributed by atoms with van der Waals surface area (Å²) < 4.78 is -0.343. The zero-order chi connectivity index (χ0) is 8.48. The third-order valence-electron chi connectivity index (χ3n) is 2.04. The van der Waals surface area contributed by atoms with Crippen LogP contribution in [0.5, 0.6) is 0 Å². The number of nitrogens with two attached hydrogens (primary N) is 1. The first-order valence-electron chi connectivity index (χ1n) is 3.72.